The van der Waals surface area contributed by atoms with Crippen molar-refractivity contribution in [2.24, 2.45) is 0 Å². The molecule has 1 aliphatic rings. The van der Waals surface area contributed by atoms with Gasteiger partial charge in [0.2, 0.25) is 10.0 Å². The molecule has 1 aliphatic carbocycles. The van der Waals surface area contributed by atoms with Gasteiger partial charge < -0.3 is 4.98 Å². The molecule has 3 rings (SSSR count). The molecule has 6 heteroatoms. The molecule has 2 aromatic rings. The largest absolute Gasteiger partial charge is 0.325 e. The highest BCUT2D eigenvalue weighted by Crippen LogP contribution is 2.32. The number of aromatic amines is 1. The first kappa shape index (κ1) is 19.8. The Kier molecular flexibility index (Phi) is 5.58. The summed E-state index contributed by atoms with van der Waals surface area (Å²) in [4.78, 5) is 15.5. The number of nitrogens with one attached hydrogen (secondary N) is 2. The van der Waals surface area contributed by atoms with Crippen molar-refractivity contribution in [3.63, 3.8) is 0 Å². The van der Waals surface area contributed by atoms with Gasteiger partial charge in [-0.1, -0.05) is 30.3 Å². The predicted molar refractivity (Wildman–Crippen MR) is 109 cm³/mol. The fourth-order valence-corrected chi connectivity index (χ4v) is 4.52. The predicted octanol–water partition coefficient (Wildman–Crippen LogP) is 3.79. The summed E-state index contributed by atoms with van der Waals surface area (Å²) in [5.41, 5.74) is 2.45. The number of sulfonamides is 1. The van der Waals surface area contributed by atoms with Crippen molar-refractivity contribution in [1.29, 1.82) is 0 Å². The highest BCUT2D eigenvalue weighted by Gasteiger charge is 2.33. The third-order valence-electron chi connectivity index (χ3n) is 5.31. The summed E-state index contributed by atoms with van der Waals surface area (Å²) in [6.45, 7) is 5.12. The van der Waals surface area contributed by atoms with Crippen LogP contribution in [0.15, 0.2) is 47.3 Å². The maximum Gasteiger partial charge on any atom is 0.256 e. The lowest BCUT2D eigenvalue weighted by atomic mass is 9.84. The van der Waals surface area contributed by atoms with E-state index in [2.05, 4.69) is 9.71 Å². The van der Waals surface area contributed by atoms with Crippen molar-refractivity contribution in [2.45, 2.75) is 63.2 Å². The van der Waals surface area contributed by atoms with Crippen molar-refractivity contribution < 1.29 is 8.42 Å². The molecule has 0 amide bonds. The van der Waals surface area contributed by atoms with Crippen LogP contribution in [0.4, 0.5) is 0 Å². The molecule has 27 heavy (non-hydrogen) atoms. The molecule has 1 heterocycles. The molecule has 0 aliphatic heterocycles. The van der Waals surface area contributed by atoms with Gasteiger partial charge in [0.25, 0.3) is 5.56 Å². The number of pyridine rings is 1. The van der Waals surface area contributed by atoms with Gasteiger partial charge in [0, 0.05) is 17.3 Å². The monoisotopic (exact) mass is 388 g/mol. The van der Waals surface area contributed by atoms with Crippen LogP contribution in [0.5, 0.6) is 0 Å². The molecule has 1 saturated carbocycles. The van der Waals surface area contributed by atoms with Gasteiger partial charge in [-0.2, -0.15) is 0 Å². The van der Waals surface area contributed by atoms with Crippen LogP contribution in [0.25, 0.3) is 11.1 Å². The minimum absolute atomic E-state index is 0.0270. The molecule has 0 saturated heterocycles. The van der Waals surface area contributed by atoms with E-state index in [9.17, 15) is 13.2 Å². The molecular formula is C21H28N2O3S. The quantitative estimate of drug-likeness (QED) is 0.836. The average molecular weight is 389 g/mol. The second-order valence-electron chi connectivity index (χ2n) is 8.30. The molecule has 5 nitrogen and oxygen atoms in total. The average Bonchev–Trinajstić information content (AvgIpc) is 2.62. The first-order chi connectivity index (χ1) is 12.7. The first-order valence-electron chi connectivity index (χ1n) is 9.48. The molecule has 1 aromatic carbocycles. The van der Waals surface area contributed by atoms with E-state index in [4.69, 9.17) is 0 Å². The molecule has 1 aromatic heterocycles. The Balaban J connectivity index is 1.67. The first-order valence-corrected chi connectivity index (χ1v) is 11.0. The van der Waals surface area contributed by atoms with Gasteiger partial charge in [-0.15, -0.1) is 0 Å². The van der Waals surface area contributed by atoms with Gasteiger partial charge >= 0.3 is 0 Å². The van der Waals surface area contributed by atoms with Crippen LogP contribution in [0.1, 0.15) is 58.1 Å². The zero-order chi connectivity index (χ0) is 19.7. The van der Waals surface area contributed by atoms with E-state index in [-0.39, 0.29) is 17.5 Å². The number of rotatable bonds is 4. The Bertz CT molecular complexity index is 935. The fraction of sp³-hybridized carbons (Fsp3) is 0.476. The Hall–Kier alpha value is -1.92. The molecule has 0 radical (unpaired) electrons. The summed E-state index contributed by atoms with van der Waals surface area (Å²) >= 11 is 0. The van der Waals surface area contributed by atoms with Crippen molar-refractivity contribution in [1.82, 2.24) is 9.71 Å². The Labute approximate surface area is 161 Å². The van der Waals surface area contributed by atoms with Crippen LogP contribution in [0.3, 0.4) is 0 Å². The molecule has 0 bridgehead atoms. The number of H-pyrrole nitrogens is 1. The van der Waals surface area contributed by atoms with E-state index in [1.54, 1.807) is 20.8 Å². The van der Waals surface area contributed by atoms with Crippen molar-refractivity contribution in [2.75, 3.05) is 0 Å². The molecule has 1 fully saturated rings. The SMILES string of the molecule is CC(C)(C)S(=O)(=O)NC1CCC(c2ccc(-c3ccccc3)c(=O)[nH]2)CC1. The number of benzene rings is 1. The standard InChI is InChI=1S/C21H28N2O3S/c1-21(2,3)27(25,26)23-17-11-9-16(10-12-17)19-14-13-18(20(24)22-19)15-7-5-4-6-8-15/h4-8,13-14,16-17,23H,9-12H2,1-3H3,(H,22,24). The number of hydrogen-bond acceptors (Lipinski definition) is 3. The highest BCUT2D eigenvalue weighted by atomic mass is 32.2. The minimum atomic E-state index is -3.33. The van der Waals surface area contributed by atoms with Gasteiger partial charge in [-0.3, -0.25) is 4.79 Å². The van der Waals surface area contributed by atoms with Crippen molar-refractivity contribution in [3.8, 4) is 11.1 Å². The van der Waals surface area contributed by atoms with Crippen LogP contribution in [0.2, 0.25) is 0 Å². The molecule has 0 atom stereocenters. The highest BCUT2D eigenvalue weighted by molar-refractivity contribution is 7.90. The minimum Gasteiger partial charge on any atom is -0.325 e. The molecule has 146 valence electrons. The van der Waals surface area contributed by atoms with Crippen LogP contribution < -0.4 is 10.3 Å². The van der Waals surface area contributed by atoms with Crippen molar-refractivity contribution in [3.05, 3.63) is 58.5 Å². The summed E-state index contributed by atoms with van der Waals surface area (Å²) in [6, 6.07) is 13.5. The van der Waals surface area contributed by atoms with Gasteiger partial charge in [0.1, 0.15) is 0 Å². The lowest BCUT2D eigenvalue weighted by molar-refractivity contribution is 0.367. The lowest BCUT2D eigenvalue weighted by Crippen LogP contribution is -2.45. The summed E-state index contributed by atoms with van der Waals surface area (Å²) in [7, 11) is -3.33. The maximum absolute atomic E-state index is 12.5. The third-order valence-corrected chi connectivity index (χ3v) is 7.57. The van der Waals surface area contributed by atoms with Crippen molar-refractivity contribution >= 4 is 10.0 Å². The van der Waals surface area contributed by atoms with Crippen LogP contribution in [0, 0.1) is 0 Å². The van der Waals surface area contributed by atoms with E-state index in [0.29, 0.717) is 5.56 Å². The number of hydrogen-bond donors (Lipinski definition) is 2. The van der Waals surface area contributed by atoms with E-state index >= 15 is 0 Å². The van der Waals surface area contributed by atoms with Crippen LogP contribution in [-0.2, 0) is 10.0 Å². The van der Waals surface area contributed by atoms with E-state index in [1.807, 2.05) is 42.5 Å². The second kappa shape index (κ2) is 7.60. The zero-order valence-electron chi connectivity index (χ0n) is 16.2. The maximum atomic E-state index is 12.5. The Morgan fingerprint density at radius 3 is 2.15 bits per heavy atom. The smallest absolute Gasteiger partial charge is 0.256 e. The van der Waals surface area contributed by atoms with Crippen LogP contribution in [-0.4, -0.2) is 24.2 Å². The van der Waals surface area contributed by atoms with E-state index in [1.165, 1.54) is 0 Å². The third kappa shape index (κ3) is 4.50. The van der Waals surface area contributed by atoms with E-state index < -0.39 is 14.8 Å². The molecule has 0 spiro atoms. The number of aromatic nitrogens is 1. The summed E-state index contributed by atoms with van der Waals surface area (Å²) in [5.74, 6) is 0.262. The molecule has 0 unspecified atom stereocenters. The van der Waals surface area contributed by atoms with Gasteiger partial charge in [-0.25, -0.2) is 13.1 Å². The lowest BCUT2D eigenvalue weighted by Gasteiger charge is -2.31. The van der Waals surface area contributed by atoms with Crippen LogP contribution >= 0.6 is 0 Å². The Morgan fingerprint density at radius 2 is 1.59 bits per heavy atom. The second-order valence-corrected chi connectivity index (χ2v) is 10.8. The topological polar surface area (TPSA) is 79.0 Å². The van der Waals surface area contributed by atoms with Gasteiger partial charge in [0.15, 0.2) is 0 Å². The van der Waals surface area contributed by atoms with Gasteiger partial charge in [-0.05, 0) is 70.1 Å². The molecular weight excluding hydrogens is 360 g/mol. The van der Waals surface area contributed by atoms with Gasteiger partial charge in [0.05, 0.1) is 4.75 Å². The zero-order valence-corrected chi connectivity index (χ0v) is 17.0. The molecule has 2 N–H and O–H groups in total. The van der Waals surface area contributed by atoms with E-state index in [0.717, 1.165) is 36.9 Å². The Morgan fingerprint density at radius 1 is 0.963 bits per heavy atom. The normalized spacial score (nSPS) is 21.1. The summed E-state index contributed by atoms with van der Waals surface area (Å²) < 4.78 is 26.7. The summed E-state index contributed by atoms with van der Waals surface area (Å²) in [6.07, 6.45) is 3.28. The fourth-order valence-electron chi connectivity index (χ4n) is 3.49. The summed E-state index contributed by atoms with van der Waals surface area (Å²) in [5, 5.41) is 0.